The Labute approximate surface area is 98.4 Å². The molecule has 3 heteroatoms. The van der Waals surface area contributed by atoms with Gasteiger partial charge in [-0.1, -0.05) is 25.7 Å². The summed E-state index contributed by atoms with van der Waals surface area (Å²) in [7, 11) is 0. The highest BCUT2D eigenvalue weighted by Crippen LogP contribution is 2.30. The summed E-state index contributed by atoms with van der Waals surface area (Å²) in [6.45, 7) is 0.730. The van der Waals surface area contributed by atoms with Gasteiger partial charge in [0, 0.05) is 0 Å². The Hall–Kier alpha value is -0.120. The molecule has 2 aliphatic rings. The third-order valence-electron chi connectivity index (χ3n) is 4.16. The van der Waals surface area contributed by atoms with E-state index in [1.54, 1.807) is 0 Å². The van der Waals surface area contributed by atoms with Crippen molar-refractivity contribution in [2.75, 3.05) is 6.54 Å². The molecule has 0 aliphatic heterocycles. The van der Waals surface area contributed by atoms with Gasteiger partial charge >= 0.3 is 0 Å². The molecule has 94 valence electrons. The van der Waals surface area contributed by atoms with Crippen LogP contribution in [-0.2, 0) is 4.74 Å². The molecule has 0 amide bonds. The van der Waals surface area contributed by atoms with Gasteiger partial charge in [0.2, 0.25) is 0 Å². The summed E-state index contributed by atoms with van der Waals surface area (Å²) in [6.07, 6.45) is 9.28. The predicted molar refractivity (Wildman–Crippen MR) is 64.1 cm³/mol. The van der Waals surface area contributed by atoms with Crippen LogP contribution in [0.25, 0.3) is 0 Å². The second-order valence-corrected chi connectivity index (χ2v) is 5.35. The second-order valence-electron chi connectivity index (χ2n) is 5.35. The minimum atomic E-state index is -0.242. The van der Waals surface area contributed by atoms with Crippen LogP contribution in [0.2, 0.25) is 0 Å². The minimum absolute atomic E-state index is 0.0749. The molecule has 0 radical (unpaired) electrons. The first-order valence-electron chi connectivity index (χ1n) is 6.85. The molecular weight excluding hydrogens is 202 g/mol. The second kappa shape index (κ2) is 5.99. The molecule has 3 N–H and O–H groups in total. The van der Waals surface area contributed by atoms with E-state index < -0.39 is 0 Å². The van der Waals surface area contributed by atoms with Gasteiger partial charge in [-0.15, -0.1) is 0 Å². The molecule has 0 aromatic heterocycles. The Morgan fingerprint density at radius 2 is 1.56 bits per heavy atom. The van der Waals surface area contributed by atoms with E-state index in [0.29, 0.717) is 12.0 Å². The van der Waals surface area contributed by atoms with Gasteiger partial charge in [-0.05, 0) is 38.1 Å². The van der Waals surface area contributed by atoms with Crippen molar-refractivity contribution < 1.29 is 9.84 Å². The molecule has 0 spiro atoms. The number of hydrogen-bond acceptors (Lipinski definition) is 3. The normalized spacial score (nSPS) is 40.9. The molecule has 2 saturated carbocycles. The van der Waals surface area contributed by atoms with Crippen LogP contribution in [0.5, 0.6) is 0 Å². The number of rotatable bonds is 3. The number of hydrogen-bond donors (Lipinski definition) is 2. The van der Waals surface area contributed by atoms with Gasteiger partial charge in [0.05, 0.1) is 18.3 Å². The van der Waals surface area contributed by atoms with Crippen LogP contribution in [0.3, 0.4) is 0 Å². The summed E-state index contributed by atoms with van der Waals surface area (Å²) in [5, 5.41) is 9.90. The highest BCUT2D eigenvalue weighted by atomic mass is 16.5. The first-order chi connectivity index (χ1) is 7.81. The Kier molecular flexibility index (Phi) is 4.62. The third-order valence-corrected chi connectivity index (χ3v) is 4.16. The summed E-state index contributed by atoms with van der Waals surface area (Å²) in [6, 6.07) is 0. The van der Waals surface area contributed by atoms with Gasteiger partial charge in [0.25, 0.3) is 0 Å². The lowest BCUT2D eigenvalue weighted by molar-refractivity contribution is -0.118. The average molecular weight is 227 g/mol. The number of aliphatic hydroxyl groups excluding tert-OH is 1. The molecule has 4 unspecified atom stereocenters. The van der Waals surface area contributed by atoms with Gasteiger partial charge in [0.15, 0.2) is 0 Å². The van der Waals surface area contributed by atoms with Gasteiger partial charge < -0.3 is 15.6 Å². The molecule has 16 heavy (non-hydrogen) atoms. The Morgan fingerprint density at radius 3 is 2.25 bits per heavy atom. The molecule has 0 aromatic carbocycles. The van der Waals surface area contributed by atoms with E-state index in [4.69, 9.17) is 10.5 Å². The topological polar surface area (TPSA) is 55.5 Å². The van der Waals surface area contributed by atoms with E-state index in [1.165, 1.54) is 25.7 Å². The highest BCUT2D eigenvalue weighted by molar-refractivity contribution is 4.81. The number of nitrogens with two attached hydrogens (primary N) is 1. The van der Waals surface area contributed by atoms with Crippen molar-refractivity contribution in [3.8, 4) is 0 Å². The molecule has 0 bridgehead atoms. The fraction of sp³-hybridized carbons (Fsp3) is 1.00. The predicted octanol–water partition coefficient (Wildman–Crippen LogP) is 1.82. The van der Waals surface area contributed by atoms with Crippen molar-refractivity contribution >= 4 is 0 Å². The van der Waals surface area contributed by atoms with Gasteiger partial charge in [-0.25, -0.2) is 0 Å². The summed E-state index contributed by atoms with van der Waals surface area (Å²) >= 11 is 0. The number of ether oxygens (including phenoxy) is 1. The van der Waals surface area contributed by atoms with Crippen LogP contribution in [0.4, 0.5) is 0 Å². The molecule has 2 fully saturated rings. The zero-order valence-corrected chi connectivity index (χ0v) is 10.1. The smallest absolute Gasteiger partial charge is 0.0837 e. The first-order valence-corrected chi connectivity index (χ1v) is 6.85. The molecule has 3 nitrogen and oxygen atoms in total. The monoisotopic (exact) mass is 227 g/mol. The summed E-state index contributed by atoms with van der Waals surface area (Å²) in [5.41, 5.74) is 5.79. The summed E-state index contributed by atoms with van der Waals surface area (Å²) in [5.74, 6) is 0.517. The fourth-order valence-corrected chi connectivity index (χ4v) is 3.08. The highest BCUT2D eigenvalue weighted by Gasteiger charge is 2.31. The molecular formula is C13H25NO2. The van der Waals surface area contributed by atoms with E-state index in [1.807, 2.05) is 0 Å². The number of aliphatic hydroxyl groups is 1. The maximum atomic E-state index is 9.90. The van der Waals surface area contributed by atoms with Crippen LogP contribution in [0.15, 0.2) is 0 Å². The molecule has 2 aliphatic carbocycles. The molecule has 0 aromatic rings. The Bertz CT molecular complexity index is 210. The first kappa shape index (κ1) is 12.3. The van der Waals surface area contributed by atoms with Crippen LogP contribution in [0.1, 0.15) is 51.4 Å². The van der Waals surface area contributed by atoms with Crippen LogP contribution in [0, 0.1) is 5.92 Å². The summed E-state index contributed by atoms with van der Waals surface area (Å²) in [4.78, 5) is 0. The van der Waals surface area contributed by atoms with Crippen molar-refractivity contribution in [2.24, 2.45) is 11.7 Å². The van der Waals surface area contributed by atoms with Crippen molar-refractivity contribution in [2.45, 2.75) is 69.7 Å². The SMILES string of the molecule is NCC1CCCCC1OC1CCCCC1O. The maximum absolute atomic E-state index is 9.90. The van der Waals surface area contributed by atoms with Crippen molar-refractivity contribution in [3.63, 3.8) is 0 Å². The van der Waals surface area contributed by atoms with E-state index in [2.05, 4.69) is 0 Å². The van der Waals surface area contributed by atoms with E-state index in [0.717, 1.165) is 32.2 Å². The summed E-state index contributed by atoms with van der Waals surface area (Å²) < 4.78 is 6.12. The maximum Gasteiger partial charge on any atom is 0.0837 e. The van der Waals surface area contributed by atoms with Crippen LogP contribution in [-0.4, -0.2) is 30.0 Å². The lowest BCUT2D eigenvalue weighted by Gasteiger charge is -2.36. The lowest BCUT2D eigenvalue weighted by atomic mass is 9.85. The Balaban J connectivity index is 1.86. The quantitative estimate of drug-likeness (QED) is 0.773. The zero-order valence-electron chi connectivity index (χ0n) is 10.1. The molecule has 0 saturated heterocycles. The Morgan fingerprint density at radius 1 is 0.938 bits per heavy atom. The minimum Gasteiger partial charge on any atom is -0.390 e. The van der Waals surface area contributed by atoms with Crippen molar-refractivity contribution in [1.29, 1.82) is 0 Å². The van der Waals surface area contributed by atoms with Gasteiger partial charge in [0.1, 0.15) is 0 Å². The lowest BCUT2D eigenvalue weighted by Crippen LogP contribution is -2.41. The van der Waals surface area contributed by atoms with Crippen molar-refractivity contribution in [3.05, 3.63) is 0 Å². The van der Waals surface area contributed by atoms with E-state index in [9.17, 15) is 5.11 Å². The zero-order chi connectivity index (χ0) is 11.4. The van der Waals surface area contributed by atoms with E-state index >= 15 is 0 Å². The van der Waals surface area contributed by atoms with Gasteiger partial charge in [-0.3, -0.25) is 0 Å². The largest absolute Gasteiger partial charge is 0.390 e. The fourth-order valence-electron chi connectivity index (χ4n) is 3.08. The molecule has 4 atom stereocenters. The van der Waals surface area contributed by atoms with E-state index in [-0.39, 0.29) is 12.2 Å². The van der Waals surface area contributed by atoms with Crippen LogP contribution >= 0.6 is 0 Å². The molecule has 0 heterocycles. The van der Waals surface area contributed by atoms with Crippen LogP contribution < -0.4 is 5.73 Å². The van der Waals surface area contributed by atoms with Gasteiger partial charge in [-0.2, -0.15) is 0 Å². The third kappa shape index (κ3) is 2.96. The molecule has 2 rings (SSSR count). The van der Waals surface area contributed by atoms with Crippen molar-refractivity contribution in [1.82, 2.24) is 0 Å². The standard InChI is InChI=1S/C13H25NO2/c14-9-10-5-1-3-7-12(10)16-13-8-4-2-6-11(13)15/h10-13,15H,1-9,14H2. The average Bonchev–Trinajstić information content (AvgIpc) is 2.33.